The van der Waals surface area contributed by atoms with E-state index in [-0.39, 0.29) is 39.7 Å². The van der Waals surface area contributed by atoms with Gasteiger partial charge in [0, 0.05) is 0 Å². The number of fused-ring (bicyclic) bond motifs is 4. The number of rotatable bonds is 3. The number of halogens is 2. The average molecular weight is 809 g/mol. The maximum atomic E-state index is 3.06. The van der Waals surface area contributed by atoms with Gasteiger partial charge < -0.3 is 14.9 Å². The Bertz CT molecular complexity index is 2520. The van der Waals surface area contributed by atoms with E-state index in [1.54, 1.807) is 0 Å². The number of aryl methyl sites for hydroxylation is 2. The summed E-state index contributed by atoms with van der Waals surface area (Å²) in [7, 11) is 0. The fourth-order valence-corrected chi connectivity index (χ4v) is 7.01. The van der Waals surface area contributed by atoms with Crippen LogP contribution in [0.4, 0.5) is 0 Å². The summed E-state index contributed by atoms with van der Waals surface area (Å²) in [5.41, 5.74) is 10.5. The van der Waals surface area contributed by atoms with Gasteiger partial charge in [-0.15, -0.1) is 93.4 Å². The molecule has 52 heavy (non-hydrogen) atoms. The van der Waals surface area contributed by atoms with Crippen molar-refractivity contribution in [1.29, 1.82) is 0 Å². The molecule has 0 aliphatic rings. The Balaban J connectivity index is 0.000000252. The van der Waals surface area contributed by atoms with Gasteiger partial charge in [0.05, 0.1) is 0 Å². The van der Waals surface area contributed by atoms with Crippen LogP contribution in [0, 0.1) is 28.7 Å². The summed E-state index contributed by atoms with van der Waals surface area (Å²) in [6.45, 7) is 7.42. The van der Waals surface area contributed by atoms with E-state index >= 15 is 0 Å². The maximum absolute atomic E-state index is 3.06. The van der Waals surface area contributed by atoms with Gasteiger partial charge in [-0.2, -0.15) is 6.07 Å². The van der Waals surface area contributed by atoms with Crippen molar-refractivity contribution in [2.45, 2.75) is 13.8 Å². The molecule has 0 heterocycles. The molecule has 0 saturated carbocycles. The van der Waals surface area contributed by atoms with Crippen LogP contribution in [0.3, 0.4) is 0 Å². The molecule has 0 bridgehead atoms. The summed E-state index contributed by atoms with van der Waals surface area (Å²) in [5, 5.41) is 10.6. The first-order valence-corrected chi connectivity index (χ1v) is 20.5. The van der Waals surface area contributed by atoms with Gasteiger partial charge in [-0.3, -0.25) is 0 Å². The predicted molar refractivity (Wildman–Crippen MR) is 233 cm³/mol. The first kappa shape index (κ1) is 42.4. The molecule has 0 nitrogen and oxygen atoms in total. The van der Waals surface area contributed by atoms with Gasteiger partial charge in [0.2, 0.25) is 0 Å². The predicted octanol–water partition coefficient (Wildman–Crippen LogP) is 14.4. The molecule has 9 aromatic rings. The maximum Gasteiger partial charge on any atom is -0.0112 e. The van der Waals surface area contributed by atoms with Gasteiger partial charge >= 0.3 is 30.2 Å². The molecule has 2 radical (unpaired) electrons. The molecule has 0 N–H and O–H groups in total. The van der Waals surface area contributed by atoms with Gasteiger partial charge in [-0.1, -0.05) is 164 Å². The molecular formula is C48H42Cl2SiZr-4. The standard InChI is InChI=1S/C25H17.C21H17.2CH3.2ClH.Si.Zr/c1-2-8-18(9-3-1)21-16-20-12-7-15-24(25(20)17-21)23-14-6-11-19-10-4-5-13-22(19)23;1-14-12-20-15(2)10-11-19(21(20)13-14)18-9-5-7-16-6-3-4-8-17(16)18;;;;;;/h1-17H;3-13H,1-2H3;2*1H3;2*1H;;/q4*-1;;;;. The summed E-state index contributed by atoms with van der Waals surface area (Å²) in [4.78, 5) is 0. The van der Waals surface area contributed by atoms with Crippen LogP contribution in [0.2, 0.25) is 0 Å². The Morgan fingerprint density at radius 3 is 1.52 bits per heavy atom. The summed E-state index contributed by atoms with van der Waals surface area (Å²) < 4.78 is 0. The van der Waals surface area contributed by atoms with Crippen molar-refractivity contribution >= 4 is 74.8 Å². The second kappa shape index (κ2) is 19.2. The van der Waals surface area contributed by atoms with Crippen molar-refractivity contribution in [3.63, 3.8) is 0 Å². The van der Waals surface area contributed by atoms with Crippen molar-refractivity contribution in [2.24, 2.45) is 0 Å². The third kappa shape index (κ3) is 8.43. The molecule has 0 amide bonds. The second-order valence-electron chi connectivity index (χ2n) is 12.3. The van der Waals surface area contributed by atoms with Gasteiger partial charge in [0.15, 0.2) is 0 Å². The van der Waals surface area contributed by atoms with E-state index in [1.165, 1.54) is 111 Å². The molecule has 0 saturated heterocycles. The van der Waals surface area contributed by atoms with Crippen LogP contribution in [0.5, 0.6) is 0 Å². The van der Waals surface area contributed by atoms with E-state index in [0.717, 1.165) is 0 Å². The topological polar surface area (TPSA) is 0 Å². The van der Waals surface area contributed by atoms with Gasteiger partial charge in [0.25, 0.3) is 0 Å². The molecule has 9 rings (SSSR count). The molecular weight excluding hydrogens is 767 g/mol. The summed E-state index contributed by atoms with van der Waals surface area (Å²) in [5.74, 6) is 0. The zero-order valence-corrected chi connectivity index (χ0v) is 35.1. The minimum atomic E-state index is 0. The summed E-state index contributed by atoms with van der Waals surface area (Å²) in [6.07, 6.45) is 0. The molecule has 9 aromatic carbocycles. The third-order valence-electron chi connectivity index (χ3n) is 9.27. The van der Waals surface area contributed by atoms with Crippen LogP contribution in [-0.4, -0.2) is 6.88 Å². The molecule has 4 heteroatoms. The van der Waals surface area contributed by atoms with Crippen molar-refractivity contribution in [3.05, 3.63) is 196 Å². The molecule has 260 valence electrons. The van der Waals surface area contributed by atoms with Crippen molar-refractivity contribution in [2.75, 3.05) is 0 Å². The first-order chi connectivity index (χ1) is 23.6. The van der Waals surface area contributed by atoms with E-state index in [2.05, 4.69) is 191 Å². The van der Waals surface area contributed by atoms with Gasteiger partial charge in [-0.05, 0) is 32.7 Å². The third-order valence-corrected chi connectivity index (χ3v) is 9.27. The van der Waals surface area contributed by atoms with Crippen LogP contribution in [0.1, 0.15) is 11.1 Å². The molecule has 0 aliphatic heterocycles. The molecule has 0 aliphatic carbocycles. The Morgan fingerprint density at radius 1 is 0.442 bits per heavy atom. The van der Waals surface area contributed by atoms with Gasteiger partial charge in [-0.25, -0.2) is 0 Å². The van der Waals surface area contributed by atoms with Gasteiger partial charge in [0.1, 0.15) is 0 Å². The van der Waals surface area contributed by atoms with Crippen LogP contribution in [0.25, 0.3) is 76.5 Å². The number of benzene rings is 7. The smallest absolute Gasteiger partial charge is 0.0112 e. The molecule has 0 aromatic heterocycles. The first-order valence-electron chi connectivity index (χ1n) is 16.3. The number of hydrogen-bond acceptors (Lipinski definition) is 0. The van der Waals surface area contributed by atoms with Crippen LogP contribution < -0.4 is 0 Å². The zero-order chi connectivity index (χ0) is 33.0. The zero-order valence-electron chi connectivity index (χ0n) is 30.0. The fraction of sp³-hybridized carbons (Fsp3) is 0.0417. The van der Waals surface area contributed by atoms with Crippen molar-refractivity contribution in [1.82, 2.24) is 0 Å². The fourth-order valence-electron chi connectivity index (χ4n) is 7.01. The molecule has 0 fully saturated rings. The quantitative estimate of drug-likeness (QED) is 0.123. The summed E-state index contributed by atoms with van der Waals surface area (Å²) in [6, 6.07) is 61.3. The van der Waals surface area contributed by atoms with E-state index in [0.29, 0.717) is 0 Å². The van der Waals surface area contributed by atoms with Crippen molar-refractivity contribution < 1.29 is 23.3 Å². The van der Waals surface area contributed by atoms with Crippen LogP contribution in [-0.2, 0) is 23.3 Å². The Morgan fingerprint density at radius 2 is 0.923 bits per heavy atom. The molecule has 0 atom stereocenters. The minimum Gasteiger partial charge on any atom is -0.144 e. The minimum absolute atomic E-state index is 0. The molecule has 0 unspecified atom stereocenters. The summed E-state index contributed by atoms with van der Waals surface area (Å²) >= 11 is 1.36. The average Bonchev–Trinajstić information content (AvgIpc) is 3.77. The van der Waals surface area contributed by atoms with E-state index in [9.17, 15) is 0 Å². The van der Waals surface area contributed by atoms with E-state index in [4.69, 9.17) is 0 Å². The molecule has 0 spiro atoms. The number of hydrogen-bond donors (Lipinski definition) is 0. The Hall–Kier alpha value is -4.04. The van der Waals surface area contributed by atoms with E-state index < -0.39 is 0 Å². The largest absolute Gasteiger partial charge is 0.144 e. The van der Waals surface area contributed by atoms with Crippen LogP contribution in [0.15, 0.2) is 170 Å². The monoisotopic (exact) mass is 806 g/mol. The Labute approximate surface area is 338 Å². The van der Waals surface area contributed by atoms with Crippen LogP contribution >= 0.6 is 24.8 Å². The SMILES string of the molecule is Cc1cc2c(-c3cccc4ccccc34)ccc(C)c2[cH-]1.Cl.Cl.[CH3-].[CH3-].[Si]=[Zr].c1ccc(-c2cc3c(-c4cccc5ccccc45)cccc3[cH-]2)cc1. The Kier molecular flexibility index (Phi) is 15.6. The normalized spacial score (nSPS) is 10.0. The second-order valence-corrected chi connectivity index (χ2v) is 12.3. The van der Waals surface area contributed by atoms with Crippen molar-refractivity contribution in [3.8, 4) is 33.4 Å². The van der Waals surface area contributed by atoms with E-state index in [1.807, 2.05) is 0 Å².